The van der Waals surface area contributed by atoms with Crippen LogP contribution in [0.15, 0.2) is 18.2 Å². The highest BCUT2D eigenvalue weighted by atomic mass is 16.4. The molecule has 0 atom stereocenters. The van der Waals surface area contributed by atoms with Gasteiger partial charge in [-0.1, -0.05) is 30.9 Å². The molecule has 0 saturated heterocycles. The number of carboxylic acids is 1. The van der Waals surface area contributed by atoms with Crippen LogP contribution in [0.25, 0.3) is 0 Å². The van der Waals surface area contributed by atoms with E-state index in [2.05, 4.69) is 5.32 Å². The van der Waals surface area contributed by atoms with E-state index in [-0.39, 0.29) is 0 Å². The zero-order valence-corrected chi connectivity index (χ0v) is 10.2. The number of hydrogen-bond acceptors (Lipinski definition) is 2. The Morgan fingerprint density at radius 2 is 2.24 bits per heavy atom. The maximum absolute atomic E-state index is 11.1. The second-order valence-corrected chi connectivity index (χ2v) is 4.87. The lowest BCUT2D eigenvalue weighted by Crippen LogP contribution is -2.16. The summed E-state index contributed by atoms with van der Waals surface area (Å²) in [4.78, 5) is 11.1. The van der Waals surface area contributed by atoms with E-state index in [9.17, 15) is 4.79 Å². The number of nitrogens with one attached hydrogen (secondary N) is 1. The Kier molecular flexibility index (Phi) is 3.67. The van der Waals surface area contributed by atoms with Crippen LogP contribution in [0.1, 0.15) is 41.6 Å². The number of aromatic carboxylic acids is 1. The number of carbonyl (C=O) groups is 1. The summed E-state index contributed by atoms with van der Waals surface area (Å²) in [7, 11) is 0. The molecule has 2 N–H and O–H groups in total. The van der Waals surface area contributed by atoms with Crippen molar-refractivity contribution in [3.63, 3.8) is 0 Å². The summed E-state index contributed by atoms with van der Waals surface area (Å²) < 4.78 is 0. The van der Waals surface area contributed by atoms with Crippen LogP contribution < -0.4 is 5.32 Å². The highest BCUT2D eigenvalue weighted by Crippen LogP contribution is 2.29. The van der Waals surface area contributed by atoms with Crippen molar-refractivity contribution in [3.8, 4) is 0 Å². The first-order valence-corrected chi connectivity index (χ1v) is 6.24. The van der Waals surface area contributed by atoms with Gasteiger partial charge in [0, 0.05) is 12.2 Å². The molecule has 0 spiro atoms. The van der Waals surface area contributed by atoms with Crippen molar-refractivity contribution in [2.45, 2.75) is 32.6 Å². The van der Waals surface area contributed by atoms with E-state index in [1.165, 1.54) is 19.3 Å². The van der Waals surface area contributed by atoms with Gasteiger partial charge in [0.2, 0.25) is 0 Å². The monoisotopic (exact) mass is 233 g/mol. The molecule has 1 aliphatic rings. The molecule has 1 saturated carbocycles. The molecule has 0 amide bonds. The molecule has 0 aliphatic heterocycles. The molecule has 2 rings (SSSR count). The van der Waals surface area contributed by atoms with Gasteiger partial charge < -0.3 is 10.4 Å². The maximum atomic E-state index is 11.1. The van der Waals surface area contributed by atoms with E-state index in [0.717, 1.165) is 30.1 Å². The van der Waals surface area contributed by atoms with Crippen LogP contribution in [0.4, 0.5) is 5.69 Å². The van der Waals surface area contributed by atoms with Crippen LogP contribution in [0.3, 0.4) is 0 Å². The molecule has 92 valence electrons. The van der Waals surface area contributed by atoms with Crippen molar-refractivity contribution in [1.82, 2.24) is 0 Å². The van der Waals surface area contributed by atoms with Gasteiger partial charge in [-0.25, -0.2) is 4.79 Å². The lowest BCUT2D eigenvalue weighted by atomic mass is 9.83. The third-order valence-corrected chi connectivity index (χ3v) is 3.50. The predicted octanol–water partition coefficient (Wildman–Crippen LogP) is 3.30. The first-order chi connectivity index (χ1) is 8.16. The largest absolute Gasteiger partial charge is 0.478 e. The van der Waals surface area contributed by atoms with Gasteiger partial charge in [-0.15, -0.1) is 0 Å². The molecule has 0 radical (unpaired) electrons. The molecule has 0 aromatic heterocycles. The van der Waals surface area contributed by atoms with E-state index >= 15 is 0 Å². The number of rotatable bonds is 5. The molecule has 0 unspecified atom stereocenters. The summed E-state index contributed by atoms with van der Waals surface area (Å²) in [6.07, 6.45) is 5.17. The molecule has 1 aliphatic carbocycles. The van der Waals surface area contributed by atoms with E-state index < -0.39 is 5.97 Å². The maximum Gasteiger partial charge on any atom is 0.337 e. The topological polar surface area (TPSA) is 49.3 Å². The van der Waals surface area contributed by atoms with Gasteiger partial charge in [0.15, 0.2) is 0 Å². The highest BCUT2D eigenvalue weighted by Gasteiger charge is 2.17. The van der Waals surface area contributed by atoms with Crippen molar-refractivity contribution in [2.24, 2.45) is 5.92 Å². The van der Waals surface area contributed by atoms with Crippen LogP contribution in [0.2, 0.25) is 0 Å². The SMILES string of the molecule is Cc1ccc(NCCC2CCC2)c(C(=O)O)c1. The van der Waals surface area contributed by atoms with E-state index in [0.29, 0.717) is 5.56 Å². The fourth-order valence-electron chi connectivity index (χ4n) is 2.18. The van der Waals surface area contributed by atoms with Crippen LogP contribution >= 0.6 is 0 Å². The van der Waals surface area contributed by atoms with E-state index in [4.69, 9.17) is 5.11 Å². The van der Waals surface area contributed by atoms with Crippen molar-refractivity contribution < 1.29 is 9.90 Å². The molecule has 1 aromatic carbocycles. The molecule has 0 heterocycles. The third-order valence-electron chi connectivity index (χ3n) is 3.50. The lowest BCUT2D eigenvalue weighted by Gasteiger charge is -2.25. The molecule has 17 heavy (non-hydrogen) atoms. The van der Waals surface area contributed by atoms with Crippen LogP contribution in [0.5, 0.6) is 0 Å². The Hall–Kier alpha value is -1.51. The Morgan fingerprint density at radius 3 is 2.82 bits per heavy atom. The Labute approximate surface area is 102 Å². The second kappa shape index (κ2) is 5.21. The van der Waals surface area contributed by atoms with Crippen molar-refractivity contribution in [1.29, 1.82) is 0 Å². The predicted molar refractivity (Wildman–Crippen MR) is 68.6 cm³/mol. The average Bonchev–Trinajstić information content (AvgIpc) is 2.23. The third kappa shape index (κ3) is 2.99. The molecule has 3 heteroatoms. The highest BCUT2D eigenvalue weighted by molar-refractivity contribution is 5.94. The second-order valence-electron chi connectivity index (χ2n) is 4.87. The molecule has 1 fully saturated rings. The first kappa shape index (κ1) is 12.0. The minimum atomic E-state index is -0.861. The van der Waals surface area contributed by atoms with Gasteiger partial charge in [-0.2, -0.15) is 0 Å². The van der Waals surface area contributed by atoms with Crippen LogP contribution in [0, 0.1) is 12.8 Å². The smallest absolute Gasteiger partial charge is 0.337 e. The van der Waals surface area contributed by atoms with Crippen molar-refractivity contribution >= 4 is 11.7 Å². The standard InChI is InChI=1S/C14H19NO2/c1-10-5-6-13(12(9-10)14(16)17)15-8-7-11-3-2-4-11/h5-6,9,11,15H,2-4,7-8H2,1H3,(H,16,17). The minimum Gasteiger partial charge on any atom is -0.478 e. The first-order valence-electron chi connectivity index (χ1n) is 6.24. The van der Waals surface area contributed by atoms with Crippen molar-refractivity contribution in [3.05, 3.63) is 29.3 Å². The fourth-order valence-corrected chi connectivity index (χ4v) is 2.18. The number of aryl methyl sites for hydroxylation is 1. The van der Waals surface area contributed by atoms with Gasteiger partial charge in [0.1, 0.15) is 0 Å². The average molecular weight is 233 g/mol. The summed E-state index contributed by atoms with van der Waals surface area (Å²) in [6, 6.07) is 5.52. The van der Waals surface area contributed by atoms with Gasteiger partial charge in [0.25, 0.3) is 0 Å². The van der Waals surface area contributed by atoms with E-state index in [1.54, 1.807) is 6.07 Å². The van der Waals surface area contributed by atoms with Crippen LogP contribution in [-0.2, 0) is 0 Å². The zero-order valence-electron chi connectivity index (χ0n) is 10.2. The van der Waals surface area contributed by atoms with E-state index in [1.807, 2.05) is 19.1 Å². The zero-order chi connectivity index (χ0) is 12.3. The van der Waals surface area contributed by atoms with Crippen LogP contribution in [-0.4, -0.2) is 17.6 Å². The number of benzene rings is 1. The summed E-state index contributed by atoms with van der Waals surface area (Å²) in [5.41, 5.74) is 2.09. The summed E-state index contributed by atoms with van der Waals surface area (Å²) in [5.74, 6) is -0.0129. The van der Waals surface area contributed by atoms with Crippen molar-refractivity contribution in [2.75, 3.05) is 11.9 Å². The van der Waals surface area contributed by atoms with Gasteiger partial charge in [-0.3, -0.25) is 0 Å². The normalized spacial score (nSPS) is 15.4. The molecule has 0 bridgehead atoms. The molecular weight excluding hydrogens is 214 g/mol. The summed E-state index contributed by atoms with van der Waals surface area (Å²) >= 11 is 0. The lowest BCUT2D eigenvalue weighted by molar-refractivity contribution is 0.0698. The minimum absolute atomic E-state index is 0.374. The summed E-state index contributed by atoms with van der Waals surface area (Å²) in [6.45, 7) is 2.78. The molecular formula is C14H19NO2. The molecule has 1 aromatic rings. The van der Waals surface area contributed by atoms with Gasteiger partial charge in [0.05, 0.1) is 5.56 Å². The fraction of sp³-hybridized carbons (Fsp3) is 0.500. The Morgan fingerprint density at radius 1 is 1.47 bits per heavy atom. The summed E-state index contributed by atoms with van der Waals surface area (Å²) in [5, 5.41) is 12.4. The van der Waals surface area contributed by atoms with Gasteiger partial charge >= 0.3 is 5.97 Å². The van der Waals surface area contributed by atoms with Gasteiger partial charge in [-0.05, 0) is 31.4 Å². The number of anilines is 1. The molecule has 3 nitrogen and oxygen atoms in total. The Bertz CT molecular complexity index is 411. The number of hydrogen-bond donors (Lipinski definition) is 2. The quantitative estimate of drug-likeness (QED) is 0.820. The Balaban J connectivity index is 1.96. The number of carboxylic acid groups (broad SMARTS) is 1.